The Bertz CT molecular complexity index is 1140. The molecular weight excluding hydrogens is 374 g/mol. The first-order valence-corrected chi connectivity index (χ1v) is 9.05. The number of amides is 1. The van der Waals surface area contributed by atoms with Crippen LogP contribution < -0.4 is 10.9 Å². The van der Waals surface area contributed by atoms with Crippen molar-refractivity contribution < 1.29 is 19.4 Å². The highest BCUT2D eigenvalue weighted by atomic mass is 16.5. The summed E-state index contributed by atoms with van der Waals surface area (Å²) in [5.74, 6) is -1.32. The number of aryl methyl sites for hydroxylation is 2. The fourth-order valence-electron chi connectivity index (χ4n) is 2.85. The number of ether oxygens (including phenoxy) is 1. The second-order valence-electron chi connectivity index (χ2n) is 6.57. The van der Waals surface area contributed by atoms with Gasteiger partial charge in [-0.25, -0.2) is 9.48 Å². The van der Waals surface area contributed by atoms with Crippen LogP contribution in [0, 0.1) is 13.8 Å². The summed E-state index contributed by atoms with van der Waals surface area (Å²) in [4.78, 5) is 37.1. The summed E-state index contributed by atoms with van der Waals surface area (Å²) in [5, 5.41) is 16.4. The van der Waals surface area contributed by atoms with Crippen molar-refractivity contribution in [2.45, 2.75) is 20.4 Å². The zero-order valence-corrected chi connectivity index (χ0v) is 16.1. The standard InChI is InChI=1S/C21H21N3O5/c1-13-7-8-15(11-14(13)2)22-18(26)12-29-21(28)19-16-5-3-4-6-17(16)20(27)24(23-19)9-10-25/h3-8,11,25H,9-10,12H2,1-2H3,(H,22,26). The number of rotatable bonds is 6. The van der Waals surface area contributed by atoms with E-state index >= 15 is 0 Å². The van der Waals surface area contributed by atoms with Gasteiger partial charge in [0.25, 0.3) is 11.5 Å². The van der Waals surface area contributed by atoms with E-state index in [1.165, 1.54) is 0 Å². The number of hydrogen-bond donors (Lipinski definition) is 2. The van der Waals surface area contributed by atoms with Gasteiger partial charge in [0.1, 0.15) is 0 Å². The number of anilines is 1. The van der Waals surface area contributed by atoms with Crippen LogP contribution in [0.15, 0.2) is 47.3 Å². The predicted molar refractivity (Wildman–Crippen MR) is 108 cm³/mol. The first-order chi connectivity index (χ1) is 13.9. The molecule has 29 heavy (non-hydrogen) atoms. The number of nitrogens with zero attached hydrogens (tertiary/aromatic N) is 2. The summed E-state index contributed by atoms with van der Waals surface area (Å²) in [5.41, 5.74) is 2.23. The summed E-state index contributed by atoms with van der Waals surface area (Å²) in [6.07, 6.45) is 0. The maximum absolute atomic E-state index is 12.5. The lowest BCUT2D eigenvalue weighted by Gasteiger charge is -2.11. The Hall–Kier alpha value is -3.52. The molecule has 0 radical (unpaired) electrons. The Kier molecular flexibility index (Phi) is 6.04. The van der Waals surface area contributed by atoms with E-state index in [0.717, 1.165) is 15.8 Å². The van der Waals surface area contributed by atoms with Crippen LogP contribution in [0.2, 0.25) is 0 Å². The van der Waals surface area contributed by atoms with Gasteiger partial charge in [0.15, 0.2) is 12.3 Å². The minimum atomic E-state index is -0.830. The zero-order chi connectivity index (χ0) is 21.0. The summed E-state index contributed by atoms with van der Waals surface area (Å²) < 4.78 is 6.11. The molecule has 2 N–H and O–H groups in total. The van der Waals surface area contributed by atoms with Gasteiger partial charge in [0.05, 0.1) is 18.5 Å². The van der Waals surface area contributed by atoms with Crippen molar-refractivity contribution in [3.63, 3.8) is 0 Å². The Morgan fingerprint density at radius 2 is 1.83 bits per heavy atom. The lowest BCUT2D eigenvalue weighted by Crippen LogP contribution is -2.28. The van der Waals surface area contributed by atoms with Crippen LogP contribution in [0.1, 0.15) is 21.6 Å². The van der Waals surface area contributed by atoms with Gasteiger partial charge in [0, 0.05) is 11.1 Å². The van der Waals surface area contributed by atoms with Crippen molar-refractivity contribution in [2.75, 3.05) is 18.5 Å². The predicted octanol–water partition coefficient (Wildman–Crippen LogP) is 1.80. The number of aliphatic hydroxyl groups is 1. The molecule has 0 aliphatic rings. The molecule has 0 spiro atoms. The maximum atomic E-state index is 12.5. The second kappa shape index (κ2) is 8.66. The molecule has 2 aromatic carbocycles. The fraction of sp³-hybridized carbons (Fsp3) is 0.238. The normalized spacial score (nSPS) is 10.7. The van der Waals surface area contributed by atoms with E-state index in [2.05, 4.69) is 10.4 Å². The third-order valence-corrected chi connectivity index (χ3v) is 4.50. The van der Waals surface area contributed by atoms with Crippen LogP contribution in [0.25, 0.3) is 10.8 Å². The molecule has 1 aromatic heterocycles. The van der Waals surface area contributed by atoms with Gasteiger partial charge in [-0.05, 0) is 43.2 Å². The lowest BCUT2D eigenvalue weighted by molar-refractivity contribution is -0.119. The fourth-order valence-corrected chi connectivity index (χ4v) is 2.85. The van der Waals surface area contributed by atoms with Gasteiger partial charge in [0.2, 0.25) is 0 Å². The average Bonchev–Trinajstić information content (AvgIpc) is 2.71. The maximum Gasteiger partial charge on any atom is 0.359 e. The Labute approximate surface area is 166 Å². The van der Waals surface area contributed by atoms with Crippen molar-refractivity contribution in [3.8, 4) is 0 Å². The molecule has 8 heteroatoms. The van der Waals surface area contributed by atoms with E-state index in [0.29, 0.717) is 11.1 Å². The van der Waals surface area contributed by atoms with Crippen molar-refractivity contribution in [3.05, 3.63) is 69.6 Å². The van der Waals surface area contributed by atoms with Crippen LogP contribution in [0.3, 0.4) is 0 Å². The number of aliphatic hydroxyl groups excluding tert-OH is 1. The highest BCUT2D eigenvalue weighted by Crippen LogP contribution is 2.15. The first-order valence-electron chi connectivity index (χ1n) is 9.05. The molecule has 3 aromatic rings. The van der Waals surface area contributed by atoms with Crippen molar-refractivity contribution >= 4 is 28.3 Å². The van der Waals surface area contributed by atoms with E-state index in [4.69, 9.17) is 9.84 Å². The Morgan fingerprint density at radius 1 is 1.10 bits per heavy atom. The molecule has 0 aliphatic heterocycles. The number of nitrogens with one attached hydrogen (secondary N) is 1. The van der Waals surface area contributed by atoms with Gasteiger partial charge in [-0.3, -0.25) is 9.59 Å². The van der Waals surface area contributed by atoms with Crippen LogP contribution in [0.5, 0.6) is 0 Å². The molecule has 8 nitrogen and oxygen atoms in total. The quantitative estimate of drug-likeness (QED) is 0.616. The number of carbonyl (C=O) groups is 2. The molecule has 0 aliphatic carbocycles. The van der Waals surface area contributed by atoms with E-state index in [1.54, 1.807) is 30.3 Å². The van der Waals surface area contributed by atoms with Crippen molar-refractivity contribution in [1.82, 2.24) is 9.78 Å². The highest BCUT2D eigenvalue weighted by Gasteiger charge is 2.19. The number of hydrogen-bond acceptors (Lipinski definition) is 6. The molecule has 1 heterocycles. The molecule has 0 saturated carbocycles. The second-order valence-corrected chi connectivity index (χ2v) is 6.57. The van der Waals surface area contributed by atoms with Gasteiger partial charge in [-0.2, -0.15) is 5.10 Å². The van der Waals surface area contributed by atoms with Gasteiger partial charge < -0.3 is 15.2 Å². The summed E-state index contributed by atoms with van der Waals surface area (Å²) in [7, 11) is 0. The van der Waals surface area contributed by atoms with Crippen molar-refractivity contribution in [2.24, 2.45) is 0 Å². The number of aromatic nitrogens is 2. The van der Waals surface area contributed by atoms with Crippen LogP contribution in [-0.4, -0.2) is 40.0 Å². The third-order valence-electron chi connectivity index (χ3n) is 4.50. The SMILES string of the molecule is Cc1ccc(NC(=O)COC(=O)c2nn(CCO)c(=O)c3ccccc23)cc1C. The Morgan fingerprint density at radius 3 is 2.52 bits per heavy atom. The molecule has 150 valence electrons. The lowest BCUT2D eigenvalue weighted by atomic mass is 10.1. The van der Waals surface area contributed by atoms with Crippen LogP contribution in [0.4, 0.5) is 5.69 Å². The number of fused-ring (bicyclic) bond motifs is 1. The van der Waals surface area contributed by atoms with Crippen LogP contribution >= 0.6 is 0 Å². The number of esters is 1. The average molecular weight is 395 g/mol. The first kappa shape index (κ1) is 20.2. The molecular formula is C21H21N3O5. The summed E-state index contributed by atoms with van der Waals surface area (Å²) in [6, 6.07) is 12.0. The molecule has 0 unspecified atom stereocenters. The molecule has 0 bridgehead atoms. The number of carbonyl (C=O) groups excluding carboxylic acids is 2. The topological polar surface area (TPSA) is 111 Å². The summed E-state index contributed by atoms with van der Waals surface area (Å²) in [6.45, 7) is 3.04. The minimum Gasteiger partial charge on any atom is -0.451 e. The molecule has 0 saturated heterocycles. The Balaban J connectivity index is 1.77. The third kappa shape index (κ3) is 4.49. The molecule has 3 rings (SSSR count). The highest BCUT2D eigenvalue weighted by molar-refractivity contribution is 6.03. The van der Waals surface area contributed by atoms with Crippen molar-refractivity contribution in [1.29, 1.82) is 0 Å². The molecule has 1 amide bonds. The molecule has 0 fully saturated rings. The minimum absolute atomic E-state index is 0.0583. The van der Waals surface area contributed by atoms with E-state index in [9.17, 15) is 14.4 Å². The van der Waals surface area contributed by atoms with Gasteiger partial charge in [-0.1, -0.05) is 24.3 Å². The van der Waals surface area contributed by atoms with Crippen LogP contribution in [-0.2, 0) is 16.1 Å². The largest absolute Gasteiger partial charge is 0.451 e. The smallest absolute Gasteiger partial charge is 0.359 e. The van der Waals surface area contributed by atoms with E-state index in [-0.39, 0.29) is 24.2 Å². The van der Waals surface area contributed by atoms with Gasteiger partial charge in [-0.15, -0.1) is 0 Å². The molecule has 0 atom stereocenters. The monoisotopic (exact) mass is 395 g/mol. The number of benzene rings is 2. The summed E-state index contributed by atoms with van der Waals surface area (Å²) >= 11 is 0. The van der Waals surface area contributed by atoms with E-state index < -0.39 is 24.0 Å². The van der Waals surface area contributed by atoms with Gasteiger partial charge >= 0.3 is 5.97 Å². The van der Waals surface area contributed by atoms with E-state index in [1.807, 2.05) is 26.0 Å². The zero-order valence-electron chi connectivity index (χ0n) is 16.1.